The van der Waals surface area contributed by atoms with Crippen molar-refractivity contribution in [1.29, 1.82) is 0 Å². The third kappa shape index (κ3) is 3.59. The van der Waals surface area contributed by atoms with Crippen LogP contribution in [-0.2, 0) is 17.9 Å². The number of nitrogens with zero attached hydrogens (tertiary/aromatic N) is 3. The molecule has 4 rings (SSSR count). The first-order valence-corrected chi connectivity index (χ1v) is 9.48. The summed E-state index contributed by atoms with van der Waals surface area (Å²) in [6.45, 7) is 6.44. The molecule has 2 aromatic carbocycles. The predicted octanol–water partition coefficient (Wildman–Crippen LogP) is 4.35. The molecule has 0 aliphatic carbocycles. The molecule has 5 heteroatoms. The Kier molecular flexibility index (Phi) is 4.68. The standard InChI is InChI=1S/C22H24FN3O/c1-15(2)12-26-20-6-4-3-5-19(20)24-22(26)17-11-21(27)25(14-17)13-16-7-9-18(23)10-8-16/h3-10,15,17H,11-14H2,1-2H3. The quantitative estimate of drug-likeness (QED) is 0.674. The molecule has 140 valence electrons. The molecule has 1 aromatic heterocycles. The molecule has 4 nitrogen and oxygen atoms in total. The third-order valence-electron chi connectivity index (χ3n) is 5.10. The van der Waals surface area contributed by atoms with Crippen LogP contribution < -0.4 is 0 Å². The van der Waals surface area contributed by atoms with Crippen molar-refractivity contribution in [3.8, 4) is 0 Å². The van der Waals surface area contributed by atoms with Crippen LogP contribution in [0.1, 0.15) is 37.6 Å². The van der Waals surface area contributed by atoms with Gasteiger partial charge in [-0.25, -0.2) is 9.37 Å². The summed E-state index contributed by atoms with van der Waals surface area (Å²) < 4.78 is 15.4. The van der Waals surface area contributed by atoms with Gasteiger partial charge in [-0.05, 0) is 35.7 Å². The SMILES string of the molecule is CC(C)Cn1c(C2CC(=O)N(Cc3ccc(F)cc3)C2)nc2ccccc21. The van der Waals surface area contributed by atoms with Crippen molar-refractivity contribution in [3.63, 3.8) is 0 Å². The zero-order valence-corrected chi connectivity index (χ0v) is 15.7. The molecule has 0 spiro atoms. The average molecular weight is 365 g/mol. The van der Waals surface area contributed by atoms with E-state index in [0.29, 0.717) is 25.4 Å². The Hall–Kier alpha value is -2.69. The van der Waals surface area contributed by atoms with Crippen LogP contribution in [0.25, 0.3) is 11.0 Å². The van der Waals surface area contributed by atoms with E-state index in [-0.39, 0.29) is 17.6 Å². The molecule has 1 saturated heterocycles. The highest BCUT2D eigenvalue weighted by Gasteiger charge is 2.34. The van der Waals surface area contributed by atoms with Gasteiger partial charge in [-0.1, -0.05) is 38.1 Å². The van der Waals surface area contributed by atoms with Gasteiger partial charge >= 0.3 is 0 Å². The molecule has 0 bridgehead atoms. The lowest BCUT2D eigenvalue weighted by Crippen LogP contribution is -2.24. The Balaban J connectivity index is 1.60. The molecule has 0 N–H and O–H groups in total. The normalized spacial score (nSPS) is 17.4. The van der Waals surface area contributed by atoms with Gasteiger partial charge in [0, 0.05) is 32.0 Å². The highest BCUT2D eigenvalue weighted by Crippen LogP contribution is 2.31. The topological polar surface area (TPSA) is 38.1 Å². The number of benzene rings is 2. The van der Waals surface area contributed by atoms with Crippen LogP contribution in [-0.4, -0.2) is 26.9 Å². The van der Waals surface area contributed by atoms with Gasteiger partial charge in [-0.15, -0.1) is 0 Å². The van der Waals surface area contributed by atoms with Crippen LogP contribution in [0.2, 0.25) is 0 Å². The lowest BCUT2D eigenvalue weighted by Gasteiger charge is -2.18. The molecule has 2 heterocycles. The van der Waals surface area contributed by atoms with E-state index in [0.717, 1.165) is 29.0 Å². The van der Waals surface area contributed by atoms with Gasteiger partial charge in [0.25, 0.3) is 0 Å². The third-order valence-corrected chi connectivity index (χ3v) is 5.10. The van der Waals surface area contributed by atoms with Gasteiger partial charge in [0.1, 0.15) is 11.6 Å². The maximum absolute atomic E-state index is 13.1. The fourth-order valence-electron chi connectivity index (χ4n) is 3.87. The number of amides is 1. The fraction of sp³-hybridized carbons (Fsp3) is 0.364. The van der Waals surface area contributed by atoms with Crippen LogP contribution in [0.15, 0.2) is 48.5 Å². The molecule has 1 atom stereocenters. The molecule has 27 heavy (non-hydrogen) atoms. The van der Waals surface area contributed by atoms with Crippen molar-refractivity contribution in [3.05, 3.63) is 65.7 Å². The number of rotatable bonds is 5. The van der Waals surface area contributed by atoms with E-state index in [1.54, 1.807) is 12.1 Å². The predicted molar refractivity (Wildman–Crippen MR) is 104 cm³/mol. The maximum Gasteiger partial charge on any atom is 0.223 e. The molecular formula is C22H24FN3O. The number of para-hydroxylation sites is 2. The molecule has 0 saturated carbocycles. The monoisotopic (exact) mass is 365 g/mol. The summed E-state index contributed by atoms with van der Waals surface area (Å²) in [6, 6.07) is 14.5. The van der Waals surface area contributed by atoms with E-state index in [1.165, 1.54) is 12.1 Å². The van der Waals surface area contributed by atoms with E-state index >= 15 is 0 Å². The van der Waals surface area contributed by atoms with E-state index in [4.69, 9.17) is 4.98 Å². The molecule has 1 amide bonds. The van der Waals surface area contributed by atoms with Crippen LogP contribution >= 0.6 is 0 Å². The number of hydrogen-bond acceptors (Lipinski definition) is 2. The second-order valence-corrected chi connectivity index (χ2v) is 7.76. The Labute approximate surface area is 158 Å². The van der Waals surface area contributed by atoms with Crippen molar-refractivity contribution in [1.82, 2.24) is 14.5 Å². The minimum Gasteiger partial charge on any atom is -0.338 e. The van der Waals surface area contributed by atoms with E-state index in [1.807, 2.05) is 23.1 Å². The van der Waals surface area contributed by atoms with Crippen LogP contribution in [0.5, 0.6) is 0 Å². The number of imidazole rings is 1. The minimum absolute atomic E-state index is 0.0871. The number of hydrogen-bond donors (Lipinski definition) is 0. The molecule has 1 fully saturated rings. The van der Waals surface area contributed by atoms with Crippen molar-refractivity contribution in [2.24, 2.45) is 5.92 Å². The smallest absolute Gasteiger partial charge is 0.223 e. The second-order valence-electron chi connectivity index (χ2n) is 7.76. The van der Waals surface area contributed by atoms with Gasteiger partial charge in [0.15, 0.2) is 0 Å². The molecule has 1 aliphatic rings. The first kappa shape index (κ1) is 17.7. The summed E-state index contributed by atoms with van der Waals surface area (Å²) in [5, 5.41) is 0. The summed E-state index contributed by atoms with van der Waals surface area (Å²) >= 11 is 0. The van der Waals surface area contributed by atoms with E-state index < -0.39 is 0 Å². The van der Waals surface area contributed by atoms with Crippen molar-refractivity contribution in [2.45, 2.75) is 39.3 Å². The minimum atomic E-state index is -0.258. The first-order valence-electron chi connectivity index (χ1n) is 9.48. The average Bonchev–Trinajstić information content (AvgIpc) is 3.18. The molecular weight excluding hydrogens is 341 g/mol. The van der Waals surface area contributed by atoms with Crippen molar-refractivity contribution < 1.29 is 9.18 Å². The summed E-state index contributed by atoms with van der Waals surface area (Å²) in [6.07, 6.45) is 0.475. The second kappa shape index (κ2) is 7.14. The number of likely N-dealkylation sites (tertiary alicyclic amines) is 1. The Morgan fingerprint density at radius 1 is 1.15 bits per heavy atom. The van der Waals surface area contributed by atoms with Gasteiger partial charge in [0.2, 0.25) is 5.91 Å². The van der Waals surface area contributed by atoms with Gasteiger partial charge in [-0.2, -0.15) is 0 Å². The number of aromatic nitrogens is 2. The van der Waals surface area contributed by atoms with Gasteiger partial charge in [-0.3, -0.25) is 4.79 Å². The summed E-state index contributed by atoms with van der Waals surface area (Å²) in [5.41, 5.74) is 3.06. The number of carbonyl (C=O) groups is 1. The number of carbonyl (C=O) groups excluding carboxylic acids is 1. The summed E-state index contributed by atoms with van der Waals surface area (Å²) in [7, 11) is 0. The highest BCUT2D eigenvalue weighted by molar-refractivity contribution is 5.81. The fourth-order valence-corrected chi connectivity index (χ4v) is 3.87. The van der Waals surface area contributed by atoms with Crippen LogP contribution in [0, 0.1) is 11.7 Å². The van der Waals surface area contributed by atoms with Crippen LogP contribution in [0.3, 0.4) is 0 Å². The molecule has 3 aromatic rings. The lowest BCUT2D eigenvalue weighted by atomic mass is 10.1. The van der Waals surface area contributed by atoms with Gasteiger partial charge in [0.05, 0.1) is 11.0 Å². The number of fused-ring (bicyclic) bond motifs is 1. The summed E-state index contributed by atoms with van der Waals surface area (Å²) in [5.74, 6) is 1.46. The molecule has 0 radical (unpaired) electrons. The highest BCUT2D eigenvalue weighted by atomic mass is 19.1. The molecule has 1 aliphatic heterocycles. The zero-order valence-electron chi connectivity index (χ0n) is 15.7. The number of halogens is 1. The van der Waals surface area contributed by atoms with Crippen molar-refractivity contribution >= 4 is 16.9 Å². The Bertz CT molecular complexity index is 961. The van der Waals surface area contributed by atoms with Crippen LogP contribution in [0.4, 0.5) is 4.39 Å². The first-order chi connectivity index (χ1) is 13.0. The Morgan fingerprint density at radius 2 is 1.89 bits per heavy atom. The van der Waals surface area contributed by atoms with E-state index in [2.05, 4.69) is 24.5 Å². The van der Waals surface area contributed by atoms with Gasteiger partial charge < -0.3 is 9.47 Å². The van der Waals surface area contributed by atoms with E-state index in [9.17, 15) is 9.18 Å². The maximum atomic E-state index is 13.1. The zero-order chi connectivity index (χ0) is 19.0. The summed E-state index contributed by atoms with van der Waals surface area (Å²) in [4.78, 5) is 19.3. The molecule has 1 unspecified atom stereocenters. The lowest BCUT2D eigenvalue weighted by molar-refractivity contribution is -0.128. The largest absolute Gasteiger partial charge is 0.338 e. The Morgan fingerprint density at radius 3 is 2.63 bits per heavy atom. The van der Waals surface area contributed by atoms with Crippen molar-refractivity contribution in [2.75, 3.05) is 6.54 Å².